The molecule has 0 atom stereocenters. The highest BCUT2D eigenvalue weighted by molar-refractivity contribution is 5.67. The van der Waals surface area contributed by atoms with Crippen molar-refractivity contribution in [1.82, 2.24) is 5.32 Å². The number of hydrogen-bond acceptors (Lipinski definition) is 3. The maximum Gasteiger partial charge on any atom is 0.408 e. The molecule has 104 valence electrons. The van der Waals surface area contributed by atoms with Crippen LogP contribution in [0.4, 0.5) is 4.79 Å². The van der Waals surface area contributed by atoms with Crippen molar-refractivity contribution in [2.24, 2.45) is 29.4 Å². The second kappa shape index (κ2) is 5.42. The van der Waals surface area contributed by atoms with Crippen LogP contribution in [0.5, 0.6) is 0 Å². The first-order chi connectivity index (χ1) is 9.26. The van der Waals surface area contributed by atoms with E-state index in [1.165, 1.54) is 32.1 Å². The molecule has 19 heavy (non-hydrogen) atoms. The van der Waals surface area contributed by atoms with Gasteiger partial charge in [-0.3, -0.25) is 0 Å². The molecule has 0 aromatic rings. The molecule has 4 saturated carbocycles. The number of ether oxygens (including phenoxy) is 1. The molecule has 0 unspecified atom stereocenters. The van der Waals surface area contributed by atoms with E-state index in [0.717, 1.165) is 11.8 Å². The lowest BCUT2D eigenvalue weighted by molar-refractivity contribution is -0.0959. The average Bonchev–Trinajstić information content (AvgIpc) is 2.38. The van der Waals surface area contributed by atoms with Gasteiger partial charge in [0.15, 0.2) is 0 Å². The Morgan fingerprint density at radius 1 is 1.11 bits per heavy atom. The number of amides is 1. The van der Waals surface area contributed by atoms with E-state index in [-0.39, 0.29) is 12.2 Å². The minimum Gasteiger partial charge on any atom is -0.446 e. The van der Waals surface area contributed by atoms with E-state index in [9.17, 15) is 4.79 Å². The van der Waals surface area contributed by atoms with Crippen LogP contribution in [0.3, 0.4) is 0 Å². The Bertz CT molecular complexity index is 382. The van der Waals surface area contributed by atoms with Crippen molar-refractivity contribution in [3.63, 3.8) is 0 Å². The lowest BCUT2D eigenvalue weighted by atomic mass is 9.55. The van der Waals surface area contributed by atoms with Crippen LogP contribution in [-0.4, -0.2) is 25.3 Å². The van der Waals surface area contributed by atoms with Gasteiger partial charge in [-0.2, -0.15) is 0 Å². The largest absolute Gasteiger partial charge is 0.446 e. The summed E-state index contributed by atoms with van der Waals surface area (Å²) in [6.45, 7) is 0.648. The van der Waals surface area contributed by atoms with E-state index in [0.29, 0.717) is 24.9 Å². The zero-order valence-corrected chi connectivity index (χ0v) is 11.2. The normalized spacial score (nSPS) is 38.5. The van der Waals surface area contributed by atoms with Crippen LogP contribution < -0.4 is 11.1 Å². The molecule has 4 aliphatic carbocycles. The van der Waals surface area contributed by atoms with Crippen LogP contribution in [0.15, 0.2) is 0 Å². The Morgan fingerprint density at radius 2 is 1.74 bits per heavy atom. The summed E-state index contributed by atoms with van der Waals surface area (Å²) in [6, 6.07) is 0. The highest BCUT2D eigenvalue weighted by Gasteiger charge is 2.49. The molecular formula is C15H22N2O2. The minimum atomic E-state index is -0.316. The summed E-state index contributed by atoms with van der Waals surface area (Å²) in [6.07, 6.45) is 6.30. The molecular weight excluding hydrogens is 240 g/mol. The molecule has 0 aromatic heterocycles. The van der Waals surface area contributed by atoms with Gasteiger partial charge >= 0.3 is 6.09 Å². The molecule has 1 amide bonds. The van der Waals surface area contributed by atoms with E-state index in [2.05, 4.69) is 17.2 Å². The third-order valence-corrected chi connectivity index (χ3v) is 4.93. The van der Waals surface area contributed by atoms with Crippen molar-refractivity contribution in [2.75, 3.05) is 13.1 Å². The summed E-state index contributed by atoms with van der Waals surface area (Å²) in [7, 11) is 0. The summed E-state index contributed by atoms with van der Waals surface area (Å²) in [5, 5.41) is 2.69. The highest BCUT2D eigenvalue weighted by atomic mass is 16.6. The van der Waals surface area contributed by atoms with Crippen molar-refractivity contribution in [1.29, 1.82) is 0 Å². The smallest absolute Gasteiger partial charge is 0.408 e. The van der Waals surface area contributed by atoms with Gasteiger partial charge in [0, 0.05) is 0 Å². The molecule has 0 spiro atoms. The van der Waals surface area contributed by atoms with Gasteiger partial charge in [-0.15, -0.1) is 0 Å². The molecule has 4 fully saturated rings. The maximum atomic E-state index is 11.8. The number of carbonyl (C=O) groups is 1. The quantitative estimate of drug-likeness (QED) is 0.741. The van der Waals surface area contributed by atoms with Crippen LogP contribution in [0.25, 0.3) is 0 Å². The Morgan fingerprint density at radius 3 is 2.32 bits per heavy atom. The molecule has 4 aliphatic rings. The summed E-state index contributed by atoms with van der Waals surface area (Å²) in [5.41, 5.74) is 5.26. The van der Waals surface area contributed by atoms with E-state index in [1.54, 1.807) is 0 Å². The number of nitrogens with two attached hydrogens (primary N) is 1. The number of hydrogen-bond donors (Lipinski definition) is 2. The summed E-state index contributed by atoms with van der Waals surface area (Å²) in [5.74, 6) is 8.52. The van der Waals surface area contributed by atoms with Crippen molar-refractivity contribution < 1.29 is 9.53 Å². The Labute approximate surface area is 114 Å². The number of nitrogens with one attached hydrogen (secondary N) is 1. The number of alkyl carbamates (subject to hydrolysis) is 1. The van der Waals surface area contributed by atoms with Crippen LogP contribution in [-0.2, 0) is 4.74 Å². The van der Waals surface area contributed by atoms with E-state index in [4.69, 9.17) is 10.5 Å². The molecule has 0 radical (unpaired) electrons. The second-order valence-corrected chi connectivity index (χ2v) is 6.21. The molecule has 0 heterocycles. The molecule has 4 nitrogen and oxygen atoms in total. The Kier molecular flexibility index (Phi) is 3.65. The van der Waals surface area contributed by atoms with Crippen molar-refractivity contribution in [3.05, 3.63) is 0 Å². The van der Waals surface area contributed by atoms with E-state index in [1.807, 2.05) is 0 Å². The van der Waals surface area contributed by atoms with Crippen LogP contribution in [0, 0.1) is 35.5 Å². The zero-order valence-electron chi connectivity index (χ0n) is 11.2. The zero-order chi connectivity index (χ0) is 13.2. The van der Waals surface area contributed by atoms with Gasteiger partial charge in [0.25, 0.3) is 0 Å². The average molecular weight is 262 g/mol. The van der Waals surface area contributed by atoms with E-state index < -0.39 is 0 Å². The Balaban J connectivity index is 1.51. The van der Waals surface area contributed by atoms with Gasteiger partial charge in [-0.25, -0.2) is 4.79 Å². The van der Waals surface area contributed by atoms with Crippen LogP contribution in [0.1, 0.15) is 32.1 Å². The molecule has 3 N–H and O–H groups in total. The van der Waals surface area contributed by atoms with Gasteiger partial charge in [-0.1, -0.05) is 11.8 Å². The number of rotatable bonds is 2. The maximum absolute atomic E-state index is 11.8. The SMILES string of the molecule is NCC#CCNC(=O)OC1C2CC3CC(C2)CC1C3. The predicted octanol–water partition coefficient (Wildman–Crippen LogP) is 1.50. The first-order valence-electron chi connectivity index (χ1n) is 7.36. The van der Waals surface area contributed by atoms with Crippen LogP contribution in [0.2, 0.25) is 0 Å². The molecule has 0 aliphatic heterocycles. The topological polar surface area (TPSA) is 64.3 Å². The third kappa shape index (κ3) is 2.71. The fraction of sp³-hybridized carbons (Fsp3) is 0.800. The monoisotopic (exact) mass is 262 g/mol. The number of carbonyl (C=O) groups excluding carboxylic acids is 1. The van der Waals surface area contributed by atoms with Crippen molar-refractivity contribution in [2.45, 2.75) is 38.2 Å². The lowest BCUT2D eigenvalue weighted by Crippen LogP contribution is -2.50. The lowest BCUT2D eigenvalue weighted by Gasteiger charge is -2.53. The fourth-order valence-corrected chi connectivity index (χ4v) is 4.48. The minimum absolute atomic E-state index is 0.148. The second-order valence-electron chi connectivity index (χ2n) is 6.21. The van der Waals surface area contributed by atoms with E-state index >= 15 is 0 Å². The predicted molar refractivity (Wildman–Crippen MR) is 72.1 cm³/mol. The third-order valence-electron chi connectivity index (χ3n) is 4.93. The van der Waals surface area contributed by atoms with Crippen molar-refractivity contribution in [3.8, 4) is 11.8 Å². The first kappa shape index (κ1) is 12.8. The highest BCUT2D eigenvalue weighted by Crippen LogP contribution is 2.54. The standard InChI is InChI=1S/C15H22N2O2/c16-3-1-2-4-17-15(18)19-14-12-6-10-5-11(8-12)9-13(14)7-10/h10-14H,3-9,16H2,(H,17,18). The van der Waals surface area contributed by atoms with Gasteiger partial charge in [-0.05, 0) is 55.8 Å². The molecule has 4 bridgehead atoms. The summed E-state index contributed by atoms with van der Waals surface area (Å²) in [4.78, 5) is 11.8. The van der Waals surface area contributed by atoms with Gasteiger partial charge in [0.1, 0.15) is 6.10 Å². The molecule has 0 saturated heterocycles. The molecule has 4 heteroatoms. The van der Waals surface area contributed by atoms with Gasteiger partial charge in [0.2, 0.25) is 0 Å². The summed E-state index contributed by atoms with van der Waals surface area (Å²) >= 11 is 0. The Hall–Kier alpha value is -1.21. The van der Waals surface area contributed by atoms with Gasteiger partial charge in [0.05, 0.1) is 13.1 Å². The molecule has 4 rings (SSSR count). The van der Waals surface area contributed by atoms with Gasteiger partial charge < -0.3 is 15.8 Å². The fourth-order valence-electron chi connectivity index (χ4n) is 4.48. The van der Waals surface area contributed by atoms with Crippen molar-refractivity contribution >= 4 is 6.09 Å². The van der Waals surface area contributed by atoms with Crippen LogP contribution >= 0.6 is 0 Å². The first-order valence-corrected chi connectivity index (χ1v) is 7.36. The summed E-state index contributed by atoms with van der Waals surface area (Å²) < 4.78 is 5.66. The molecule has 0 aromatic carbocycles.